The number of ether oxygens (including phenoxy) is 2. The second kappa shape index (κ2) is 31.4. The number of carbonyl (C=O) groups is 7. The number of likely N-dealkylation sites (tertiary alicyclic amines) is 1. The Kier molecular flexibility index (Phi) is 26.6. The van der Waals surface area contributed by atoms with E-state index in [0.29, 0.717) is 18.5 Å². The smallest absolute Gasteiger partial charge is 0.394 e. The number of imidazole rings is 1. The number of phosphoric acid groups is 1. The van der Waals surface area contributed by atoms with Crippen LogP contribution in [0.2, 0.25) is 0 Å². The SMILES string of the molecule is CC(C)C[C@H](NC(=O)[C@@H]1C[C@@H](O/N=C\CCc2ccccc2)CN1C(=O)CCOCCOCCNC(=O)[C@@H](N)CS)C(=O)C[C@@H](Cc1cnc[nH]1)C(=O)N[C@@H](CO)C(=O)C[C@H](C(N)=O)C(C)OP(=O)(O)O. The van der Waals surface area contributed by atoms with Gasteiger partial charge in [-0.25, -0.2) is 9.55 Å². The zero-order valence-corrected chi connectivity index (χ0v) is 42.0. The fourth-order valence-electron chi connectivity index (χ4n) is 7.52. The highest BCUT2D eigenvalue weighted by atomic mass is 32.1. The molecule has 1 saturated heterocycles. The number of aryl methyl sites for hydroxylation is 1. The maximum atomic E-state index is 14.3. The van der Waals surface area contributed by atoms with E-state index in [9.17, 15) is 53.0 Å². The van der Waals surface area contributed by atoms with E-state index in [1.807, 2.05) is 44.2 Å². The van der Waals surface area contributed by atoms with Gasteiger partial charge in [0.25, 0.3) is 0 Å². The van der Waals surface area contributed by atoms with Crippen LogP contribution in [-0.4, -0.2) is 165 Å². The minimum Gasteiger partial charge on any atom is -0.394 e. The fourth-order valence-corrected chi connectivity index (χ4v) is 8.27. The number of rotatable bonds is 35. The number of phosphoric ester groups is 1. The summed E-state index contributed by atoms with van der Waals surface area (Å²) in [5.74, 6) is -7.54. The number of ketones is 2. The average Bonchev–Trinajstić information content (AvgIpc) is 4.01. The lowest BCUT2D eigenvalue weighted by molar-refractivity contribution is -0.140. The van der Waals surface area contributed by atoms with Crippen molar-refractivity contribution in [1.29, 1.82) is 0 Å². The summed E-state index contributed by atoms with van der Waals surface area (Å²) in [5, 5.41) is 22.2. The molecule has 1 unspecified atom stereocenters. The highest BCUT2D eigenvalue weighted by molar-refractivity contribution is 7.80. The number of amides is 5. The van der Waals surface area contributed by atoms with E-state index in [4.69, 9.17) is 25.8 Å². The molecule has 0 aliphatic carbocycles. The van der Waals surface area contributed by atoms with Crippen molar-refractivity contribution in [2.45, 2.75) is 109 Å². The number of aromatic amines is 1. The van der Waals surface area contributed by atoms with Gasteiger partial charge in [0.2, 0.25) is 29.5 Å². The number of thiol groups is 1. The molecule has 0 saturated carbocycles. The number of aliphatic hydroxyl groups is 1. The molecule has 5 amide bonds. The number of aromatic nitrogens is 2. The van der Waals surface area contributed by atoms with Crippen LogP contribution in [0, 0.1) is 17.8 Å². The van der Waals surface area contributed by atoms with Gasteiger partial charge < -0.3 is 66.5 Å². The third-order valence-corrected chi connectivity index (χ3v) is 12.3. The van der Waals surface area contributed by atoms with Gasteiger partial charge in [-0.15, -0.1) is 0 Å². The molecule has 1 aromatic heterocycles. The summed E-state index contributed by atoms with van der Waals surface area (Å²) in [4.78, 5) is 126. The highest BCUT2D eigenvalue weighted by Crippen LogP contribution is 2.39. The molecule has 26 heteroatoms. The second-order valence-electron chi connectivity index (χ2n) is 17.5. The summed E-state index contributed by atoms with van der Waals surface area (Å²) < 4.78 is 27.0. The van der Waals surface area contributed by atoms with Gasteiger partial charge in [-0.2, -0.15) is 12.6 Å². The Balaban J connectivity index is 1.73. The normalized spacial score (nSPS) is 17.5. The van der Waals surface area contributed by atoms with Crippen molar-refractivity contribution in [3.05, 3.63) is 54.1 Å². The predicted molar refractivity (Wildman–Crippen MR) is 260 cm³/mol. The zero-order chi connectivity index (χ0) is 52.5. The first-order chi connectivity index (χ1) is 33.7. The number of hydrogen-bond donors (Lipinski definition) is 10. The summed E-state index contributed by atoms with van der Waals surface area (Å²) in [6.07, 6.45) is 2.24. The van der Waals surface area contributed by atoms with Gasteiger partial charge in [-0.1, -0.05) is 49.3 Å². The Bertz CT molecular complexity index is 2080. The van der Waals surface area contributed by atoms with E-state index in [-0.39, 0.29) is 82.8 Å². The van der Waals surface area contributed by atoms with Gasteiger partial charge in [-0.05, 0) is 37.7 Å². The van der Waals surface area contributed by atoms with E-state index in [1.165, 1.54) is 17.4 Å². The van der Waals surface area contributed by atoms with Crippen LogP contribution in [0.5, 0.6) is 0 Å². The third-order valence-electron chi connectivity index (χ3n) is 11.3. The van der Waals surface area contributed by atoms with Crippen LogP contribution in [0.3, 0.4) is 0 Å². The number of aliphatic hydroxyl groups excluding tert-OH is 1. The van der Waals surface area contributed by atoms with Crippen LogP contribution < -0.4 is 27.4 Å². The quantitative estimate of drug-likeness (QED) is 0.0137. The van der Waals surface area contributed by atoms with Gasteiger partial charge in [-0.3, -0.25) is 38.1 Å². The number of Topliss-reactive ketones (excluding diaryl/α,β-unsaturated/α-hetero) is 2. The zero-order valence-electron chi connectivity index (χ0n) is 40.3. The first kappa shape index (κ1) is 60.2. The molecular formula is C45H70N9O15PS. The van der Waals surface area contributed by atoms with E-state index >= 15 is 0 Å². The summed E-state index contributed by atoms with van der Waals surface area (Å²) in [6.45, 7) is 4.62. The second-order valence-corrected chi connectivity index (χ2v) is 19.0. The maximum Gasteiger partial charge on any atom is 0.469 e. The lowest BCUT2D eigenvalue weighted by Gasteiger charge is -2.28. The van der Waals surface area contributed by atoms with E-state index in [1.54, 1.807) is 6.21 Å². The minimum absolute atomic E-state index is 0.00339. The van der Waals surface area contributed by atoms with E-state index in [0.717, 1.165) is 12.5 Å². The van der Waals surface area contributed by atoms with Crippen LogP contribution in [-0.2, 0) is 69.8 Å². The van der Waals surface area contributed by atoms with Crippen molar-refractivity contribution in [1.82, 2.24) is 30.8 Å². The molecular weight excluding hydrogens is 970 g/mol. The first-order valence-electron chi connectivity index (χ1n) is 23.3. The fraction of sp³-hybridized carbons (Fsp3) is 0.622. The molecule has 0 spiro atoms. The molecule has 1 aromatic carbocycles. The van der Waals surface area contributed by atoms with Crippen molar-refractivity contribution < 1.29 is 71.9 Å². The molecule has 1 aliphatic heterocycles. The predicted octanol–water partition coefficient (Wildman–Crippen LogP) is -0.505. The Morgan fingerprint density at radius 1 is 0.986 bits per heavy atom. The third kappa shape index (κ3) is 22.5. The molecule has 3 rings (SSSR count). The van der Waals surface area contributed by atoms with Crippen LogP contribution in [0.15, 0.2) is 48.0 Å². The summed E-state index contributed by atoms with van der Waals surface area (Å²) in [7, 11) is -5.09. The standard InChI is InChI=1S/C45H70N9O15PS/c1-28(2)18-36(39(56)20-31(19-32-23-48-27-50-32)43(60)53-37(25-55)40(57)22-34(42(47)59)29(3)69-70(63,64)65)52-45(62)38-21-33(68-51-12-7-10-30-8-5-4-6-9-30)24-54(38)41(58)11-14-66-16-17-67-15-13-49-44(61)35(46)26-71/h4-6,8-9,12,23,27-29,31,33-38,55,71H,7,10-11,13-22,24-26,46H2,1-3H3,(H2,47,59)(H,48,50)(H,49,61)(H,52,62)(H,53,60)(H2,63,64,65)/b51-12-/t29?,31-,33-,34+,35+,36+,37+,38+/m1/s1. The summed E-state index contributed by atoms with van der Waals surface area (Å²) >= 11 is 4.00. The van der Waals surface area contributed by atoms with Gasteiger partial charge in [0.05, 0.1) is 82.4 Å². The monoisotopic (exact) mass is 1040 g/mol. The molecule has 0 bridgehead atoms. The number of primary amides is 1. The average molecular weight is 1040 g/mol. The Morgan fingerprint density at radius 2 is 1.68 bits per heavy atom. The molecule has 2 heterocycles. The molecule has 11 N–H and O–H groups in total. The molecule has 8 atom stereocenters. The number of nitrogens with one attached hydrogen (secondary N) is 4. The lowest BCUT2D eigenvalue weighted by atomic mass is 9.89. The Hall–Kier alpha value is -5.11. The Morgan fingerprint density at radius 3 is 2.30 bits per heavy atom. The number of benzene rings is 1. The van der Waals surface area contributed by atoms with Crippen molar-refractivity contribution in [2.75, 3.05) is 51.9 Å². The molecule has 396 valence electrons. The number of nitrogens with zero attached hydrogens (tertiary/aromatic N) is 3. The van der Waals surface area contributed by atoms with Crippen LogP contribution in [0.25, 0.3) is 0 Å². The molecule has 2 aromatic rings. The summed E-state index contributed by atoms with van der Waals surface area (Å²) in [6, 6.07) is 5.20. The van der Waals surface area contributed by atoms with Crippen molar-refractivity contribution in [3.63, 3.8) is 0 Å². The van der Waals surface area contributed by atoms with Gasteiger partial charge in [0, 0.05) is 56.1 Å². The van der Waals surface area contributed by atoms with Crippen molar-refractivity contribution in [2.24, 2.45) is 34.4 Å². The van der Waals surface area contributed by atoms with Crippen molar-refractivity contribution in [3.8, 4) is 0 Å². The number of carbonyl (C=O) groups excluding carboxylic acids is 7. The van der Waals surface area contributed by atoms with Crippen LogP contribution in [0.1, 0.15) is 70.6 Å². The summed E-state index contributed by atoms with van der Waals surface area (Å²) in [5.41, 5.74) is 12.6. The Labute approximate surface area is 418 Å². The largest absolute Gasteiger partial charge is 0.469 e. The molecule has 0 radical (unpaired) electrons. The highest BCUT2D eigenvalue weighted by Gasteiger charge is 2.42. The van der Waals surface area contributed by atoms with Crippen molar-refractivity contribution >= 4 is 67.8 Å². The van der Waals surface area contributed by atoms with Crippen LogP contribution >= 0.6 is 20.5 Å². The van der Waals surface area contributed by atoms with Gasteiger partial charge >= 0.3 is 7.82 Å². The number of H-pyrrole nitrogens is 1. The van der Waals surface area contributed by atoms with E-state index in [2.05, 4.69) is 48.2 Å². The minimum atomic E-state index is -5.09. The number of oxime groups is 1. The number of hydrogen-bond acceptors (Lipinski definition) is 17. The number of nitrogens with two attached hydrogens (primary N) is 2. The molecule has 71 heavy (non-hydrogen) atoms. The van der Waals surface area contributed by atoms with Gasteiger partial charge in [0.15, 0.2) is 11.6 Å². The molecule has 1 aliphatic rings. The first-order valence-corrected chi connectivity index (χ1v) is 25.5. The maximum absolute atomic E-state index is 14.3. The molecule has 24 nitrogen and oxygen atoms in total. The molecule has 1 fully saturated rings. The van der Waals surface area contributed by atoms with Crippen LogP contribution in [0.4, 0.5) is 0 Å². The van der Waals surface area contributed by atoms with Gasteiger partial charge in [0.1, 0.15) is 18.2 Å². The topological polar surface area (TPSA) is 367 Å². The lowest BCUT2D eigenvalue weighted by Crippen LogP contribution is -2.52. The van der Waals surface area contributed by atoms with E-state index < -0.39 is 111 Å².